The number of rotatable bonds is 4. The Morgan fingerprint density at radius 3 is 2.62 bits per heavy atom. The molecule has 0 aliphatic rings. The predicted molar refractivity (Wildman–Crippen MR) is 110 cm³/mol. The molecule has 0 aliphatic heterocycles. The molecule has 7 nitrogen and oxygen atoms in total. The topological polar surface area (TPSA) is 111 Å². The zero-order chi connectivity index (χ0) is 20.9. The molecule has 148 valence electrons. The van der Waals surface area contributed by atoms with Crippen molar-refractivity contribution in [1.29, 1.82) is 0 Å². The summed E-state index contributed by atoms with van der Waals surface area (Å²) in [7, 11) is 0. The van der Waals surface area contributed by atoms with Gasteiger partial charge in [-0.3, -0.25) is 19.4 Å². The Bertz CT molecular complexity index is 1390. The zero-order valence-corrected chi connectivity index (χ0v) is 16.4. The first-order valence-electron chi connectivity index (χ1n) is 8.91. The number of hydrogen-bond acceptors (Lipinski definition) is 5. The third-order valence-corrected chi connectivity index (χ3v) is 5.84. The molecule has 3 heterocycles. The second-order valence-electron chi connectivity index (χ2n) is 7.02. The van der Waals surface area contributed by atoms with Crippen LogP contribution in [0, 0.1) is 5.95 Å². The molecule has 1 aromatic carbocycles. The molecule has 3 N–H and O–H groups in total. The first kappa shape index (κ1) is 19.0. The molecule has 0 bridgehead atoms. The molecule has 1 unspecified atom stereocenters. The number of nitrogens with zero attached hydrogens (tertiary/aromatic N) is 2. The predicted octanol–water partition coefficient (Wildman–Crippen LogP) is 2.64. The summed E-state index contributed by atoms with van der Waals surface area (Å²) in [4.78, 5) is 39.2. The van der Waals surface area contributed by atoms with Gasteiger partial charge in [0.15, 0.2) is 12.0 Å². The lowest BCUT2D eigenvalue weighted by atomic mass is 10.0. The van der Waals surface area contributed by atoms with E-state index < -0.39 is 29.0 Å². The lowest BCUT2D eigenvalue weighted by Gasteiger charge is -2.18. The molecule has 29 heavy (non-hydrogen) atoms. The van der Waals surface area contributed by atoms with Crippen LogP contribution >= 0.6 is 11.3 Å². The Morgan fingerprint density at radius 2 is 1.97 bits per heavy atom. The monoisotopic (exact) mass is 412 g/mol. The molecular formula is C20H17FN4O3S. The summed E-state index contributed by atoms with van der Waals surface area (Å²) >= 11 is 1.30. The van der Waals surface area contributed by atoms with E-state index in [9.17, 15) is 18.8 Å². The van der Waals surface area contributed by atoms with E-state index in [1.54, 1.807) is 0 Å². The summed E-state index contributed by atoms with van der Waals surface area (Å²) in [5.74, 6) is -1.91. The maximum absolute atomic E-state index is 13.8. The van der Waals surface area contributed by atoms with Crippen LogP contribution in [0.25, 0.3) is 20.2 Å². The van der Waals surface area contributed by atoms with Gasteiger partial charge in [-0.2, -0.15) is 9.49 Å². The number of aromatic amines is 1. The van der Waals surface area contributed by atoms with Crippen molar-refractivity contribution in [2.45, 2.75) is 25.8 Å². The van der Waals surface area contributed by atoms with Gasteiger partial charge in [0, 0.05) is 21.5 Å². The first-order chi connectivity index (χ1) is 13.8. The fraction of sp³-hybridized carbons (Fsp3) is 0.200. The number of hydrogen-bond donors (Lipinski definition) is 2. The molecule has 0 fully saturated rings. The van der Waals surface area contributed by atoms with E-state index >= 15 is 0 Å². The minimum absolute atomic E-state index is 0.0384. The smallest absolute Gasteiger partial charge is 0.285 e. The van der Waals surface area contributed by atoms with Gasteiger partial charge in [0.25, 0.3) is 5.56 Å². The highest BCUT2D eigenvalue weighted by Crippen LogP contribution is 2.36. The van der Waals surface area contributed by atoms with Gasteiger partial charge in [-0.1, -0.05) is 32.0 Å². The van der Waals surface area contributed by atoms with Crippen LogP contribution in [0.2, 0.25) is 0 Å². The van der Waals surface area contributed by atoms with Crippen LogP contribution in [-0.4, -0.2) is 20.7 Å². The van der Waals surface area contributed by atoms with Crippen molar-refractivity contribution < 1.29 is 9.18 Å². The normalized spacial score (nSPS) is 12.7. The van der Waals surface area contributed by atoms with E-state index in [0.29, 0.717) is 10.4 Å². The number of benzene rings is 1. The third-order valence-electron chi connectivity index (χ3n) is 4.68. The molecule has 0 aliphatic carbocycles. The lowest BCUT2D eigenvalue weighted by Crippen LogP contribution is -2.37. The molecule has 4 rings (SSSR count). The summed E-state index contributed by atoms with van der Waals surface area (Å²) in [6, 6.07) is 8.19. The molecule has 0 saturated carbocycles. The van der Waals surface area contributed by atoms with Gasteiger partial charge in [0.05, 0.1) is 5.69 Å². The van der Waals surface area contributed by atoms with Gasteiger partial charge in [0.2, 0.25) is 11.5 Å². The fourth-order valence-corrected chi connectivity index (χ4v) is 4.60. The number of fused-ring (bicyclic) bond motifs is 3. The van der Waals surface area contributed by atoms with Crippen molar-refractivity contribution in [2.75, 3.05) is 0 Å². The number of primary amides is 1. The Hall–Kier alpha value is -3.33. The largest absolute Gasteiger partial charge is 0.368 e. The average Bonchev–Trinajstić information content (AvgIpc) is 3.02. The van der Waals surface area contributed by atoms with E-state index in [2.05, 4.69) is 5.10 Å². The zero-order valence-electron chi connectivity index (χ0n) is 15.6. The van der Waals surface area contributed by atoms with Crippen LogP contribution in [0.1, 0.15) is 37.1 Å². The molecule has 1 amide bonds. The number of nitrogens with two attached hydrogens (primary N) is 1. The number of amides is 1. The SMILES string of the molecule is CC(C)c1nn(C(C(N)=O)c2cc(F)[nH]c(=O)c2)c(=O)c2sc3ccccc3c12. The van der Waals surface area contributed by atoms with Crippen LogP contribution in [-0.2, 0) is 4.79 Å². The molecule has 9 heteroatoms. The number of carbonyl (C=O) groups is 1. The van der Waals surface area contributed by atoms with Crippen molar-refractivity contribution >= 4 is 37.4 Å². The van der Waals surface area contributed by atoms with E-state index in [1.165, 1.54) is 11.3 Å². The number of carbonyl (C=O) groups excluding carboxylic acids is 1. The molecule has 0 radical (unpaired) electrons. The van der Waals surface area contributed by atoms with E-state index in [0.717, 1.165) is 32.3 Å². The number of aromatic nitrogens is 3. The third kappa shape index (κ3) is 3.13. The Kier molecular flexibility index (Phi) is 4.54. The maximum atomic E-state index is 13.8. The van der Waals surface area contributed by atoms with Gasteiger partial charge in [-0.15, -0.1) is 11.3 Å². The van der Waals surface area contributed by atoms with Crippen molar-refractivity contribution in [3.05, 3.63) is 74.3 Å². The number of pyridine rings is 1. The van der Waals surface area contributed by atoms with Crippen molar-refractivity contribution in [1.82, 2.24) is 14.8 Å². The van der Waals surface area contributed by atoms with Crippen LogP contribution < -0.4 is 16.9 Å². The van der Waals surface area contributed by atoms with Gasteiger partial charge < -0.3 is 5.73 Å². The van der Waals surface area contributed by atoms with Crippen molar-refractivity contribution in [2.24, 2.45) is 5.73 Å². The highest BCUT2D eigenvalue weighted by atomic mass is 32.1. The quantitative estimate of drug-likeness (QED) is 0.502. The first-order valence-corrected chi connectivity index (χ1v) is 9.72. The van der Waals surface area contributed by atoms with E-state index in [-0.39, 0.29) is 11.5 Å². The minimum atomic E-state index is -1.41. The number of nitrogens with one attached hydrogen (secondary N) is 1. The molecular weight excluding hydrogens is 395 g/mol. The summed E-state index contributed by atoms with van der Waals surface area (Å²) in [5, 5.41) is 6.10. The average molecular weight is 412 g/mol. The van der Waals surface area contributed by atoms with Gasteiger partial charge in [-0.25, -0.2) is 4.68 Å². The van der Waals surface area contributed by atoms with Crippen LogP contribution in [0.5, 0.6) is 0 Å². The standard InChI is InChI=1S/C20H17FN4O3S/c1-9(2)16-15-11-5-3-4-6-12(11)29-18(15)20(28)25(24-16)17(19(22)27)10-7-13(21)23-14(26)8-10/h3-9,17H,1-2H3,(H2,22,27)(H,23,26). The fourth-order valence-electron chi connectivity index (χ4n) is 3.46. The highest BCUT2D eigenvalue weighted by molar-refractivity contribution is 7.25. The second-order valence-corrected chi connectivity index (χ2v) is 8.07. The Labute approximate surface area is 167 Å². The van der Waals surface area contributed by atoms with Gasteiger partial charge in [0.1, 0.15) is 4.70 Å². The van der Waals surface area contributed by atoms with Gasteiger partial charge >= 0.3 is 0 Å². The Morgan fingerprint density at radius 1 is 1.24 bits per heavy atom. The van der Waals surface area contributed by atoms with Crippen LogP contribution in [0.15, 0.2) is 46.0 Å². The molecule has 0 saturated heterocycles. The summed E-state index contributed by atoms with van der Waals surface area (Å²) in [5.41, 5.74) is 4.86. The number of halogens is 1. The minimum Gasteiger partial charge on any atom is -0.368 e. The van der Waals surface area contributed by atoms with Crippen LogP contribution in [0.3, 0.4) is 0 Å². The highest BCUT2D eigenvalue weighted by Gasteiger charge is 2.27. The number of thiophene rings is 1. The van der Waals surface area contributed by atoms with Gasteiger partial charge in [-0.05, 0) is 23.6 Å². The Balaban J connectivity index is 2.10. The number of H-pyrrole nitrogens is 1. The molecule has 3 aromatic heterocycles. The molecule has 1 atom stereocenters. The van der Waals surface area contributed by atoms with Crippen molar-refractivity contribution in [3.8, 4) is 0 Å². The van der Waals surface area contributed by atoms with Crippen LogP contribution in [0.4, 0.5) is 4.39 Å². The molecule has 4 aromatic rings. The lowest BCUT2D eigenvalue weighted by molar-refractivity contribution is -0.120. The summed E-state index contributed by atoms with van der Waals surface area (Å²) < 4.78 is 16.1. The summed E-state index contributed by atoms with van der Waals surface area (Å²) in [6.07, 6.45) is 0. The van der Waals surface area contributed by atoms with E-state index in [4.69, 9.17) is 5.73 Å². The second kappa shape index (κ2) is 6.93. The maximum Gasteiger partial charge on any atom is 0.285 e. The summed E-state index contributed by atoms with van der Waals surface area (Å²) in [6.45, 7) is 3.85. The van der Waals surface area contributed by atoms with E-state index in [1.807, 2.05) is 43.1 Å². The van der Waals surface area contributed by atoms with Crippen molar-refractivity contribution in [3.63, 3.8) is 0 Å². The molecule has 0 spiro atoms.